The number of carbonyl (C=O) groups excluding carboxylic acids is 1. The lowest BCUT2D eigenvalue weighted by atomic mass is 9.95. The lowest BCUT2D eigenvalue weighted by Crippen LogP contribution is -2.03. The van der Waals surface area contributed by atoms with Crippen LogP contribution in [0.5, 0.6) is 0 Å². The predicted octanol–water partition coefficient (Wildman–Crippen LogP) is 0.143. The van der Waals surface area contributed by atoms with Gasteiger partial charge in [0.1, 0.15) is 7.85 Å². The van der Waals surface area contributed by atoms with E-state index in [-0.39, 0.29) is 5.69 Å². The van der Waals surface area contributed by atoms with Crippen molar-refractivity contribution in [3.05, 3.63) is 23.9 Å². The molecule has 2 aromatic rings. The molecule has 2 rings (SSSR count). The number of nitrogens with one attached hydrogen (secondary N) is 1. The molecule has 0 amide bonds. The summed E-state index contributed by atoms with van der Waals surface area (Å²) in [5, 5.41) is 7.28. The zero-order valence-electron chi connectivity index (χ0n) is 7.57. The number of fused-ring (bicyclic) bond motifs is 1. The van der Waals surface area contributed by atoms with Crippen molar-refractivity contribution in [3.63, 3.8) is 0 Å². The lowest BCUT2D eigenvalue weighted by molar-refractivity contribution is 0.0596. The van der Waals surface area contributed by atoms with Crippen LogP contribution >= 0.6 is 0 Å². The van der Waals surface area contributed by atoms with Gasteiger partial charge in [-0.15, -0.1) is 0 Å². The van der Waals surface area contributed by atoms with E-state index < -0.39 is 5.97 Å². The number of carbonyl (C=O) groups is 1. The maximum atomic E-state index is 11.2. The molecule has 4 nitrogen and oxygen atoms in total. The third-order valence-electron chi connectivity index (χ3n) is 1.97. The average Bonchev–Trinajstić information content (AvgIpc) is 2.59. The van der Waals surface area contributed by atoms with E-state index in [1.54, 1.807) is 18.2 Å². The van der Waals surface area contributed by atoms with E-state index in [1.807, 2.05) is 0 Å². The molecular formula is C9H7BN2O2. The second-order valence-electron chi connectivity index (χ2n) is 2.87. The number of aromatic amines is 1. The molecular weight excluding hydrogens is 179 g/mol. The number of nitrogens with zero attached hydrogens (tertiary/aromatic N) is 1. The van der Waals surface area contributed by atoms with Gasteiger partial charge >= 0.3 is 5.97 Å². The van der Waals surface area contributed by atoms with Crippen molar-refractivity contribution in [2.75, 3.05) is 7.11 Å². The van der Waals surface area contributed by atoms with E-state index >= 15 is 0 Å². The van der Waals surface area contributed by atoms with Crippen LogP contribution in [-0.4, -0.2) is 31.1 Å². The molecule has 0 fully saturated rings. The van der Waals surface area contributed by atoms with Gasteiger partial charge < -0.3 is 4.74 Å². The normalized spacial score (nSPS) is 10.4. The first kappa shape index (κ1) is 8.81. The number of esters is 1. The highest BCUT2D eigenvalue weighted by molar-refractivity contribution is 6.33. The largest absolute Gasteiger partial charge is 0.464 e. The van der Waals surface area contributed by atoms with Crippen molar-refractivity contribution < 1.29 is 9.53 Å². The molecule has 1 aromatic heterocycles. The van der Waals surface area contributed by atoms with Gasteiger partial charge in [0.2, 0.25) is 0 Å². The average molecular weight is 186 g/mol. The minimum atomic E-state index is -0.457. The van der Waals surface area contributed by atoms with Crippen LogP contribution in [0.4, 0.5) is 0 Å². The quantitative estimate of drug-likeness (QED) is 0.509. The van der Waals surface area contributed by atoms with Gasteiger partial charge in [0, 0.05) is 5.39 Å². The van der Waals surface area contributed by atoms with Gasteiger partial charge in [-0.2, -0.15) is 5.10 Å². The van der Waals surface area contributed by atoms with Crippen molar-refractivity contribution in [2.24, 2.45) is 0 Å². The highest BCUT2D eigenvalue weighted by Crippen LogP contribution is 2.14. The van der Waals surface area contributed by atoms with Crippen LogP contribution < -0.4 is 5.46 Å². The van der Waals surface area contributed by atoms with E-state index in [0.717, 1.165) is 5.52 Å². The summed E-state index contributed by atoms with van der Waals surface area (Å²) in [6, 6.07) is 5.17. The van der Waals surface area contributed by atoms with Gasteiger partial charge in [0.05, 0.1) is 12.6 Å². The molecule has 1 heterocycles. The summed E-state index contributed by atoms with van der Waals surface area (Å²) >= 11 is 0. The van der Waals surface area contributed by atoms with Crippen LogP contribution in [0.15, 0.2) is 18.2 Å². The highest BCUT2D eigenvalue weighted by Gasteiger charge is 2.13. The monoisotopic (exact) mass is 186 g/mol. The van der Waals surface area contributed by atoms with Gasteiger partial charge in [-0.25, -0.2) is 4.79 Å². The van der Waals surface area contributed by atoms with Crippen LogP contribution in [-0.2, 0) is 4.74 Å². The minimum absolute atomic E-state index is 0.280. The molecule has 1 N–H and O–H groups in total. The van der Waals surface area contributed by atoms with Crippen molar-refractivity contribution in [3.8, 4) is 0 Å². The Bertz CT molecular complexity index is 493. The number of aromatic nitrogens is 2. The maximum absolute atomic E-state index is 11.2. The fourth-order valence-corrected chi connectivity index (χ4v) is 1.29. The third kappa shape index (κ3) is 1.27. The Morgan fingerprint density at radius 3 is 3.07 bits per heavy atom. The molecule has 0 aliphatic rings. The minimum Gasteiger partial charge on any atom is -0.464 e. The molecule has 0 saturated carbocycles. The van der Waals surface area contributed by atoms with Gasteiger partial charge in [0.25, 0.3) is 0 Å². The Balaban J connectivity index is 2.64. The molecule has 0 saturated heterocycles. The van der Waals surface area contributed by atoms with Crippen LogP contribution in [0.3, 0.4) is 0 Å². The second kappa shape index (κ2) is 3.18. The number of H-pyrrole nitrogens is 1. The van der Waals surface area contributed by atoms with Crippen molar-refractivity contribution in [1.82, 2.24) is 10.2 Å². The first-order valence-corrected chi connectivity index (χ1v) is 4.04. The molecule has 0 unspecified atom stereocenters. The fourth-order valence-electron chi connectivity index (χ4n) is 1.29. The second-order valence-corrected chi connectivity index (χ2v) is 2.87. The van der Waals surface area contributed by atoms with Gasteiger partial charge in [-0.05, 0) is 6.07 Å². The molecule has 68 valence electrons. The smallest absolute Gasteiger partial charge is 0.359 e. The first-order chi connectivity index (χ1) is 6.72. The maximum Gasteiger partial charge on any atom is 0.359 e. The SMILES string of the molecule is [B]c1ccc2c(C(=O)OC)n[nH]c2c1. The van der Waals surface area contributed by atoms with E-state index in [1.165, 1.54) is 7.11 Å². The highest BCUT2D eigenvalue weighted by atomic mass is 16.5. The number of ether oxygens (including phenoxy) is 1. The van der Waals surface area contributed by atoms with Gasteiger partial charge in [0.15, 0.2) is 5.69 Å². The summed E-state index contributed by atoms with van der Waals surface area (Å²) in [5.41, 5.74) is 1.63. The van der Waals surface area contributed by atoms with Crippen LogP contribution in [0.25, 0.3) is 10.9 Å². The van der Waals surface area contributed by atoms with Crippen LogP contribution in [0.1, 0.15) is 10.5 Å². The predicted molar refractivity (Wildman–Crippen MR) is 52.8 cm³/mol. The van der Waals surface area contributed by atoms with E-state index in [2.05, 4.69) is 14.9 Å². The number of hydrogen-bond acceptors (Lipinski definition) is 3. The van der Waals surface area contributed by atoms with Crippen LogP contribution in [0.2, 0.25) is 0 Å². The Hall–Kier alpha value is -1.78. The number of methoxy groups -OCH3 is 1. The molecule has 5 heteroatoms. The summed E-state index contributed by atoms with van der Waals surface area (Å²) in [4.78, 5) is 11.2. The molecule has 14 heavy (non-hydrogen) atoms. The summed E-state index contributed by atoms with van der Waals surface area (Å²) in [5.74, 6) is -0.457. The van der Waals surface area contributed by atoms with Crippen molar-refractivity contribution >= 4 is 30.2 Å². The van der Waals surface area contributed by atoms with Crippen molar-refractivity contribution in [2.45, 2.75) is 0 Å². The molecule has 0 atom stereocenters. The Labute approximate surface area is 81.7 Å². The fraction of sp³-hybridized carbons (Fsp3) is 0.111. The lowest BCUT2D eigenvalue weighted by Gasteiger charge is -1.95. The summed E-state index contributed by atoms with van der Waals surface area (Å²) in [6.45, 7) is 0. The topological polar surface area (TPSA) is 55.0 Å². The van der Waals surface area contributed by atoms with E-state index in [9.17, 15) is 4.79 Å². The standard InChI is InChI=1S/C9H7BN2O2/c1-14-9(13)8-6-3-2-5(10)4-7(6)11-12-8/h2-4H,1H3,(H,11,12). The summed E-state index contributed by atoms with van der Waals surface area (Å²) in [7, 11) is 6.90. The molecule has 0 aliphatic heterocycles. The van der Waals surface area contributed by atoms with Gasteiger partial charge in [-0.3, -0.25) is 5.10 Å². The molecule has 0 spiro atoms. The zero-order valence-corrected chi connectivity index (χ0v) is 7.57. The zero-order chi connectivity index (χ0) is 10.1. The molecule has 1 aromatic carbocycles. The van der Waals surface area contributed by atoms with E-state index in [4.69, 9.17) is 7.85 Å². The van der Waals surface area contributed by atoms with Crippen LogP contribution in [0, 0.1) is 0 Å². The Morgan fingerprint density at radius 1 is 1.57 bits per heavy atom. The third-order valence-corrected chi connectivity index (χ3v) is 1.97. The number of hydrogen-bond donors (Lipinski definition) is 1. The Morgan fingerprint density at radius 2 is 2.36 bits per heavy atom. The van der Waals surface area contributed by atoms with Crippen molar-refractivity contribution in [1.29, 1.82) is 0 Å². The summed E-state index contributed by atoms with van der Waals surface area (Å²) in [6.07, 6.45) is 0. The summed E-state index contributed by atoms with van der Waals surface area (Å²) < 4.78 is 4.58. The molecule has 0 aliphatic carbocycles. The van der Waals surface area contributed by atoms with E-state index in [0.29, 0.717) is 10.8 Å². The first-order valence-electron chi connectivity index (χ1n) is 4.04. The van der Waals surface area contributed by atoms with Gasteiger partial charge in [-0.1, -0.05) is 17.6 Å². The number of benzene rings is 1. The number of rotatable bonds is 1. The molecule has 2 radical (unpaired) electrons. The Kier molecular flexibility index (Phi) is 2.00. The molecule has 0 bridgehead atoms.